The zero-order valence-corrected chi connectivity index (χ0v) is 10.7. The van der Waals surface area contributed by atoms with Gasteiger partial charge in [-0.15, -0.1) is 0 Å². The van der Waals surface area contributed by atoms with E-state index in [4.69, 9.17) is 5.73 Å². The SMILES string of the molecule is Nc1ncc([N+](=O)[O-])cc1C(=O)NCc1cccc(F)c1. The van der Waals surface area contributed by atoms with Crippen LogP contribution in [0.4, 0.5) is 15.9 Å². The summed E-state index contributed by atoms with van der Waals surface area (Å²) in [6, 6.07) is 6.75. The van der Waals surface area contributed by atoms with E-state index in [1.54, 1.807) is 6.07 Å². The largest absolute Gasteiger partial charge is 0.383 e. The van der Waals surface area contributed by atoms with Gasteiger partial charge in [0.25, 0.3) is 11.6 Å². The van der Waals surface area contributed by atoms with Crippen LogP contribution in [0.2, 0.25) is 0 Å². The summed E-state index contributed by atoms with van der Waals surface area (Å²) in [7, 11) is 0. The second kappa shape index (κ2) is 5.95. The molecule has 0 spiro atoms. The Balaban J connectivity index is 2.13. The fourth-order valence-electron chi connectivity index (χ4n) is 1.67. The van der Waals surface area contributed by atoms with Crippen LogP contribution in [-0.4, -0.2) is 15.8 Å². The second-order valence-corrected chi connectivity index (χ2v) is 4.20. The van der Waals surface area contributed by atoms with Crippen LogP contribution in [0.3, 0.4) is 0 Å². The van der Waals surface area contributed by atoms with Crippen LogP contribution in [0.25, 0.3) is 0 Å². The Labute approximate surface area is 118 Å². The normalized spacial score (nSPS) is 10.1. The highest BCUT2D eigenvalue weighted by atomic mass is 19.1. The molecule has 2 rings (SSSR count). The third-order valence-corrected chi connectivity index (χ3v) is 2.70. The molecule has 0 unspecified atom stereocenters. The van der Waals surface area contributed by atoms with Gasteiger partial charge in [0, 0.05) is 12.6 Å². The van der Waals surface area contributed by atoms with E-state index in [-0.39, 0.29) is 23.6 Å². The first-order valence-corrected chi connectivity index (χ1v) is 5.90. The molecule has 3 N–H and O–H groups in total. The highest BCUT2D eigenvalue weighted by Crippen LogP contribution is 2.16. The first-order valence-electron chi connectivity index (χ1n) is 5.90. The first kappa shape index (κ1) is 14.4. The van der Waals surface area contributed by atoms with Crippen LogP contribution in [0.1, 0.15) is 15.9 Å². The third-order valence-electron chi connectivity index (χ3n) is 2.70. The summed E-state index contributed by atoms with van der Waals surface area (Å²) in [6.07, 6.45) is 0.971. The lowest BCUT2D eigenvalue weighted by Gasteiger charge is -2.07. The highest BCUT2D eigenvalue weighted by Gasteiger charge is 2.16. The predicted octanol–water partition coefficient (Wildman–Crippen LogP) is 1.64. The molecule has 0 saturated carbocycles. The fourth-order valence-corrected chi connectivity index (χ4v) is 1.67. The molecule has 108 valence electrons. The van der Waals surface area contributed by atoms with Crippen molar-refractivity contribution in [3.63, 3.8) is 0 Å². The molecular weight excluding hydrogens is 279 g/mol. The van der Waals surface area contributed by atoms with Gasteiger partial charge in [-0.2, -0.15) is 0 Å². The van der Waals surface area contributed by atoms with Gasteiger partial charge in [0.1, 0.15) is 17.8 Å². The van der Waals surface area contributed by atoms with E-state index >= 15 is 0 Å². The predicted molar refractivity (Wildman–Crippen MR) is 72.9 cm³/mol. The second-order valence-electron chi connectivity index (χ2n) is 4.20. The summed E-state index contributed by atoms with van der Waals surface area (Å²) < 4.78 is 13.0. The van der Waals surface area contributed by atoms with Gasteiger partial charge in [-0.05, 0) is 17.7 Å². The summed E-state index contributed by atoms with van der Waals surface area (Å²) in [5.74, 6) is -1.15. The molecule has 0 aliphatic rings. The van der Waals surface area contributed by atoms with Crippen molar-refractivity contribution in [1.29, 1.82) is 0 Å². The monoisotopic (exact) mass is 290 g/mol. The molecule has 1 amide bonds. The number of nitrogens with one attached hydrogen (secondary N) is 1. The van der Waals surface area contributed by atoms with Crippen LogP contribution >= 0.6 is 0 Å². The first-order chi connectivity index (χ1) is 9.97. The molecule has 21 heavy (non-hydrogen) atoms. The van der Waals surface area contributed by atoms with Gasteiger partial charge in [0.05, 0.1) is 10.5 Å². The van der Waals surface area contributed by atoms with Crippen molar-refractivity contribution < 1.29 is 14.1 Å². The van der Waals surface area contributed by atoms with Gasteiger partial charge in [-0.25, -0.2) is 9.37 Å². The number of halogens is 1. The minimum absolute atomic E-state index is 0.0682. The number of hydrogen-bond acceptors (Lipinski definition) is 5. The van der Waals surface area contributed by atoms with Crippen molar-refractivity contribution in [2.45, 2.75) is 6.54 Å². The molecule has 0 saturated heterocycles. The summed E-state index contributed by atoms with van der Waals surface area (Å²) in [5.41, 5.74) is 5.65. The maximum absolute atomic E-state index is 13.0. The van der Waals surface area contributed by atoms with Gasteiger partial charge < -0.3 is 11.1 Å². The molecule has 1 aromatic heterocycles. The van der Waals surface area contributed by atoms with Crippen molar-refractivity contribution in [3.8, 4) is 0 Å². The Bertz CT molecular complexity index is 706. The highest BCUT2D eigenvalue weighted by molar-refractivity contribution is 5.98. The molecule has 0 aliphatic heterocycles. The molecule has 0 radical (unpaired) electrons. The maximum Gasteiger partial charge on any atom is 0.288 e. The zero-order valence-electron chi connectivity index (χ0n) is 10.7. The summed E-state index contributed by atoms with van der Waals surface area (Å²) in [4.78, 5) is 25.5. The van der Waals surface area contributed by atoms with Crippen molar-refractivity contribution >= 4 is 17.4 Å². The topological polar surface area (TPSA) is 111 Å². The van der Waals surface area contributed by atoms with Crippen LogP contribution in [-0.2, 0) is 6.54 Å². The summed E-state index contributed by atoms with van der Waals surface area (Å²) in [5, 5.41) is 13.2. The molecule has 8 heteroatoms. The maximum atomic E-state index is 13.0. The van der Waals surface area contributed by atoms with E-state index in [1.165, 1.54) is 18.2 Å². The van der Waals surface area contributed by atoms with Crippen molar-refractivity contribution in [2.24, 2.45) is 0 Å². The van der Waals surface area contributed by atoms with Gasteiger partial charge in [-0.3, -0.25) is 14.9 Å². The molecule has 0 fully saturated rings. The van der Waals surface area contributed by atoms with Crippen LogP contribution in [0.5, 0.6) is 0 Å². The van der Waals surface area contributed by atoms with Crippen molar-refractivity contribution in [2.75, 3.05) is 5.73 Å². The van der Waals surface area contributed by atoms with E-state index in [1.807, 2.05) is 0 Å². The molecule has 0 aliphatic carbocycles. The average Bonchev–Trinajstić information content (AvgIpc) is 2.45. The minimum atomic E-state index is -0.671. The van der Waals surface area contributed by atoms with E-state index in [0.29, 0.717) is 5.56 Å². The van der Waals surface area contributed by atoms with Crippen LogP contribution < -0.4 is 11.1 Å². The Hall–Kier alpha value is -3.03. The molecule has 0 bridgehead atoms. The molecule has 1 aromatic carbocycles. The van der Waals surface area contributed by atoms with Crippen molar-refractivity contribution in [3.05, 3.63) is 63.6 Å². The third kappa shape index (κ3) is 3.50. The minimum Gasteiger partial charge on any atom is -0.383 e. The molecule has 7 nitrogen and oxygen atoms in total. The van der Waals surface area contributed by atoms with E-state index < -0.39 is 16.6 Å². The Morgan fingerprint density at radius 1 is 1.43 bits per heavy atom. The number of nitrogens with zero attached hydrogens (tertiary/aromatic N) is 2. The zero-order chi connectivity index (χ0) is 15.4. The number of hydrogen-bond donors (Lipinski definition) is 2. The summed E-state index contributed by atoms with van der Waals surface area (Å²) >= 11 is 0. The number of nitro groups is 1. The van der Waals surface area contributed by atoms with Gasteiger partial charge >= 0.3 is 0 Å². The fraction of sp³-hybridized carbons (Fsp3) is 0.0769. The Morgan fingerprint density at radius 2 is 2.19 bits per heavy atom. The van der Waals surface area contributed by atoms with E-state index in [9.17, 15) is 19.3 Å². The lowest BCUT2D eigenvalue weighted by atomic mass is 10.2. The molecule has 2 aromatic rings. The number of benzene rings is 1. The van der Waals surface area contributed by atoms with Gasteiger partial charge in [0.15, 0.2) is 0 Å². The molecule has 1 heterocycles. The number of carbonyl (C=O) groups is 1. The number of anilines is 1. The van der Waals surface area contributed by atoms with Crippen molar-refractivity contribution in [1.82, 2.24) is 10.3 Å². The number of rotatable bonds is 4. The number of amides is 1. The lowest BCUT2D eigenvalue weighted by Crippen LogP contribution is -2.24. The average molecular weight is 290 g/mol. The number of aromatic nitrogens is 1. The number of nitrogen functional groups attached to an aromatic ring is 1. The van der Waals surface area contributed by atoms with Crippen LogP contribution in [0.15, 0.2) is 36.5 Å². The van der Waals surface area contributed by atoms with Gasteiger partial charge in [-0.1, -0.05) is 12.1 Å². The molecule has 0 atom stereocenters. The Morgan fingerprint density at radius 3 is 2.86 bits per heavy atom. The summed E-state index contributed by atoms with van der Waals surface area (Å²) in [6.45, 7) is 0.0682. The molecular formula is C13H11FN4O3. The van der Waals surface area contributed by atoms with Gasteiger partial charge in [0.2, 0.25) is 0 Å². The quantitative estimate of drug-likeness (QED) is 0.656. The number of nitrogens with two attached hydrogens (primary N) is 1. The number of carbonyl (C=O) groups excluding carboxylic acids is 1. The lowest BCUT2D eigenvalue weighted by molar-refractivity contribution is -0.385. The van der Waals surface area contributed by atoms with Crippen LogP contribution in [0, 0.1) is 15.9 Å². The smallest absolute Gasteiger partial charge is 0.288 e. The Kier molecular flexibility index (Phi) is 4.07. The number of pyridine rings is 1. The van der Waals surface area contributed by atoms with E-state index in [0.717, 1.165) is 12.3 Å². The van der Waals surface area contributed by atoms with E-state index in [2.05, 4.69) is 10.3 Å². The standard InChI is InChI=1S/C13H11FN4O3/c14-9-3-1-2-8(4-9)6-17-13(19)11-5-10(18(20)21)7-16-12(11)15/h1-5,7H,6H2,(H2,15,16)(H,17,19).